The number of methoxy groups -OCH3 is 1. The summed E-state index contributed by atoms with van der Waals surface area (Å²) in [4.78, 5) is 29.4. The van der Waals surface area contributed by atoms with Crippen molar-refractivity contribution in [2.45, 2.75) is 19.5 Å². The summed E-state index contributed by atoms with van der Waals surface area (Å²) in [5.74, 6) is -0.0632. The molecule has 2 aromatic carbocycles. The number of rotatable bonds is 6. The molecule has 0 saturated carbocycles. The van der Waals surface area contributed by atoms with Crippen LogP contribution in [0.15, 0.2) is 48.9 Å². The zero-order valence-electron chi connectivity index (χ0n) is 17.9. The highest BCUT2D eigenvalue weighted by Crippen LogP contribution is 2.35. The van der Waals surface area contributed by atoms with Crippen molar-refractivity contribution in [2.75, 3.05) is 12.4 Å². The molecule has 2 heterocycles. The molecule has 174 valence electrons. The van der Waals surface area contributed by atoms with Crippen molar-refractivity contribution in [1.29, 1.82) is 0 Å². The fourth-order valence-corrected chi connectivity index (χ4v) is 3.50. The standard InChI is InChI=1S/C23H17ClF3N5O2/c1-12-3-4-13(8-19(33)14-5-6-16(24)15(9-14)23(25,26)27)7-17(12)31-21-20-18(29-11-30-21)10-28-22(32-20)34-2/h3-7,9-11H,8H2,1-2H3,(H,29,30,31). The van der Waals surface area contributed by atoms with E-state index in [1.807, 2.05) is 6.92 Å². The molecule has 34 heavy (non-hydrogen) atoms. The summed E-state index contributed by atoms with van der Waals surface area (Å²) in [6.07, 6.45) is -1.88. The lowest BCUT2D eigenvalue weighted by Gasteiger charge is -2.13. The van der Waals surface area contributed by atoms with Gasteiger partial charge in [-0.25, -0.2) is 15.0 Å². The van der Waals surface area contributed by atoms with Gasteiger partial charge in [-0.2, -0.15) is 18.2 Å². The Kier molecular flexibility index (Phi) is 6.34. The van der Waals surface area contributed by atoms with E-state index in [2.05, 4.69) is 25.3 Å². The topological polar surface area (TPSA) is 89.9 Å². The average molecular weight is 488 g/mol. The second kappa shape index (κ2) is 9.22. The molecule has 2 aromatic heterocycles. The van der Waals surface area contributed by atoms with Crippen LogP contribution in [-0.4, -0.2) is 32.8 Å². The number of carbonyl (C=O) groups excluding carboxylic acids is 1. The van der Waals surface area contributed by atoms with Gasteiger partial charge in [-0.3, -0.25) is 4.79 Å². The van der Waals surface area contributed by atoms with Gasteiger partial charge in [-0.1, -0.05) is 23.7 Å². The zero-order chi connectivity index (χ0) is 24.5. The van der Waals surface area contributed by atoms with Crippen LogP contribution in [-0.2, 0) is 12.6 Å². The summed E-state index contributed by atoms with van der Waals surface area (Å²) in [7, 11) is 1.45. The van der Waals surface area contributed by atoms with Gasteiger partial charge in [-0.05, 0) is 42.3 Å². The molecular weight excluding hydrogens is 471 g/mol. The number of halogens is 4. The summed E-state index contributed by atoms with van der Waals surface area (Å²) in [6, 6.07) is 8.57. The maximum Gasteiger partial charge on any atom is 0.417 e. The van der Waals surface area contributed by atoms with Crippen molar-refractivity contribution < 1.29 is 22.7 Å². The Balaban J connectivity index is 1.61. The number of Topliss-reactive ketones (excluding diaryl/α,β-unsaturated/α-hetero) is 1. The average Bonchev–Trinajstić information content (AvgIpc) is 2.80. The predicted molar refractivity (Wildman–Crippen MR) is 121 cm³/mol. The van der Waals surface area contributed by atoms with Crippen LogP contribution in [0.3, 0.4) is 0 Å². The molecule has 7 nitrogen and oxygen atoms in total. The van der Waals surface area contributed by atoms with Crippen LogP contribution < -0.4 is 10.1 Å². The maximum absolute atomic E-state index is 13.2. The molecule has 0 aliphatic heterocycles. The highest BCUT2D eigenvalue weighted by molar-refractivity contribution is 6.31. The number of anilines is 2. The Morgan fingerprint density at radius 3 is 2.65 bits per heavy atom. The number of aromatic nitrogens is 4. The maximum atomic E-state index is 13.2. The normalized spacial score (nSPS) is 11.5. The van der Waals surface area contributed by atoms with E-state index >= 15 is 0 Å². The van der Waals surface area contributed by atoms with E-state index in [0.29, 0.717) is 28.1 Å². The van der Waals surface area contributed by atoms with Crippen LogP contribution in [0.25, 0.3) is 11.0 Å². The number of benzene rings is 2. The fraction of sp³-hybridized carbons (Fsp3) is 0.174. The Bertz CT molecular complexity index is 1400. The van der Waals surface area contributed by atoms with E-state index in [1.165, 1.54) is 25.7 Å². The molecule has 0 bridgehead atoms. The summed E-state index contributed by atoms with van der Waals surface area (Å²) in [6.45, 7) is 1.86. The molecule has 0 spiro atoms. The van der Waals surface area contributed by atoms with E-state index < -0.39 is 22.5 Å². The van der Waals surface area contributed by atoms with Gasteiger partial charge in [0.05, 0.1) is 23.9 Å². The highest BCUT2D eigenvalue weighted by Gasteiger charge is 2.33. The first-order valence-corrected chi connectivity index (χ1v) is 10.3. The summed E-state index contributed by atoms with van der Waals surface area (Å²) in [5, 5.41) is 2.73. The number of aryl methyl sites for hydroxylation is 1. The number of fused-ring (bicyclic) bond motifs is 1. The molecule has 0 radical (unpaired) electrons. The minimum Gasteiger partial charge on any atom is -0.467 e. The van der Waals surface area contributed by atoms with Crippen LogP contribution in [0.2, 0.25) is 5.02 Å². The number of carbonyl (C=O) groups is 1. The first-order valence-electron chi connectivity index (χ1n) is 9.94. The van der Waals surface area contributed by atoms with Crippen molar-refractivity contribution in [2.24, 2.45) is 0 Å². The van der Waals surface area contributed by atoms with Crippen LogP contribution in [0.5, 0.6) is 6.01 Å². The smallest absolute Gasteiger partial charge is 0.417 e. The van der Waals surface area contributed by atoms with Crippen molar-refractivity contribution in [1.82, 2.24) is 19.9 Å². The third-order valence-electron chi connectivity index (χ3n) is 5.05. The molecule has 4 aromatic rings. The molecule has 0 aliphatic rings. The second-order valence-electron chi connectivity index (χ2n) is 7.38. The zero-order valence-corrected chi connectivity index (χ0v) is 18.7. The van der Waals surface area contributed by atoms with E-state index in [4.69, 9.17) is 16.3 Å². The van der Waals surface area contributed by atoms with Gasteiger partial charge in [0.2, 0.25) is 0 Å². The Labute approximate surface area is 197 Å². The van der Waals surface area contributed by atoms with Gasteiger partial charge in [0.15, 0.2) is 11.6 Å². The van der Waals surface area contributed by atoms with Gasteiger partial charge < -0.3 is 10.1 Å². The molecule has 0 aliphatic carbocycles. The summed E-state index contributed by atoms with van der Waals surface area (Å²) in [5.41, 5.74) is 1.94. The molecule has 1 N–H and O–H groups in total. The molecule has 4 rings (SSSR count). The number of alkyl halides is 3. The van der Waals surface area contributed by atoms with E-state index in [1.54, 1.807) is 18.2 Å². The lowest BCUT2D eigenvalue weighted by atomic mass is 9.99. The number of ether oxygens (including phenoxy) is 1. The van der Waals surface area contributed by atoms with E-state index in [0.717, 1.165) is 17.7 Å². The van der Waals surface area contributed by atoms with Crippen molar-refractivity contribution in [3.05, 3.63) is 76.2 Å². The Hall–Kier alpha value is -3.79. The quantitative estimate of drug-likeness (QED) is 0.355. The minimum atomic E-state index is -4.65. The Morgan fingerprint density at radius 1 is 1.12 bits per heavy atom. The summed E-state index contributed by atoms with van der Waals surface area (Å²) >= 11 is 5.65. The van der Waals surface area contributed by atoms with Gasteiger partial charge >= 0.3 is 12.2 Å². The third-order valence-corrected chi connectivity index (χ3v) is 5.38. The predicted octanol–water partition coefficient (Wildman–Crippen LogP) is 5.58. The minimum absolute atomic E-state index is 0.0719. The number of hydrogen-bond acceptors (Lipinski definition) is 7. The fourth-order valence-electron chi connectivity index (χ4n) is 3.27. The molecule has 11 heteroatoms. The number of ketones is 1. The number of hydrogen-bond donors (Lipinski definition) is 1. The van der Waals surface area contributed by atoms with Crippen LogP contribution in [0.1, 0.15) is 27.0 Å². The molecule has 0 atom stereocenters. The van der Waals surface area contributed by atoms with E-state index in [-0.39, 0.29) is 18.0 Å². The second-order valence-corrected chi connectivity index (χ2v) is 7.79. The lowest BCUT2D eigenvalue weighted by Crippen LogP contribution is -2.10. The number of nitrogens with one attached hydrogen (secondary N) is 1. The first kappa shape index (κ1) is 23.4. The lowest BCUT2D eigenvalue weighted by molar-refractivity contribution is -0.137. The monoisotopic (exact) mass is 487 g/mol. The van der Waals surface area contributed by atoms with Gasteiger partial charge in [0.1, 0.15) is 17.4 Å². The molecule has 0 fully saturated rings. The summed E-state index contributed by atoms with van der Waals surface area (Å²) < 4.78 is 44.5. The third kappa shape index (κ3) is 4.91. The molecule has 0 unspecified atom stereocenters. The van der Waals surface area contributed by atoms with Gasteiger partial charge in [0, 0.05) is 17.7 Å². The van der Waals surface area contributed by atoms with Crippen LogP contribution in [0, 0.1) is 6.92 Å². The molecule has 0 saturated heterocycles. The van der Waals surface area contributed by atoms with E-state index in [9.17, 15) is 18.0 Å². The van der Waals surface area contributed by atoms with Crippen molar-refractivity contribution in [3.63, 3.8) is 0 Å². The van der Waals surface area contributed by atoms with Crippen LogP contribution in [0.4, 0.5) is 24.7 Å². The van der Waals surface area contributed by atoms with Crippen molar-refractivity contribution in [3.8, 4) is 6.01 Å². The van der Waals surface area contributed by atoms with Gasteiger partial charge in [0.25, 0.3) is 0 Å². The Morgan fingerprint density at radius 2 is 1.91 bits per heavy atom. The highest BCUT2D eigenvalue weighted by atomic mass is 35.5. The SMILES string of the molecule is COc1ncc2ncnc(Nc3cc(CC(=O)c4ccc(Cl)c(C(F)(F)F)c4)ccc3C)c2n1. The van der Waals surface area contributed by atoms with Crippen molar-refractivity contribution >= 4 is 39.9 Å². The largest absolute Gasteiger partial charge is 0.467 e. The van der Waals surface area contributed by atoms with Gasteiger partial charge in [-0.15, -0.1) is 0 Å². The molecular formula is C23H17ClF3N5O2. The van der Waals surface area contributed by atoms with Crippen LogP contribution >= 0.6 is 11.6 Å². The molecule has 0 amide bonds. The first-order chi connectivity index (χ1) is 16.2. The number of nitrogens with zero attached hydrogens (tertiary/aromatic N) is 4.